The number of likely N-dealkylation sites (tertiary alicyclic amines) is 1. The first-order valence-electron chi connectivity index (χ1n) is 9.38. The van der Waals surface area contributed by atoms with E-state index in [-0.39, 0.29) is 17.6 Å². The molecule has 1 N–H and O–H groups in total. The summed E-state index contributed by atoms with van der Waals surface area (Å²) in [6, 6.07) is 12.0. The highest BCUT2D eigenvalue weighted by Crippen LogP contribution is 2.31. The number of rotatable bonds is 4. The molecule has 1 atom stereocenters. The van der Waals surface area contributed by atoms with Gasteiger partial charge in [-0.2, -0.15) is 0 Å². The Bertz CT molecular complexity index is 992. The Morgan fingerprint density at radius 2 is 1.86 bits per heavy atom. The lowest BCUT2D eigenvalue weighted by Crippen LogP contribution is -2.39. The number of nitrogens with zero attached hydrogens (tertiary/aromatic N) is 1. The molecular formula is C22H23FN2O3. The number of aromatic nitrogens is 1. The van der Waals surface area contributed by atoms with Crippen molar-refractivity contribution in [2.75, 3.05) is 27.3 Å². The molecule has 0 aliphatic carbocycles. The van der Waals surface area contributed by atoms with Crippen molar-refractivity contribution in [3.63, 3.8) is 0 Å². The fourth-order valence-corrected chi connectivity index (χ4v) is 3.87. The van der Waals surface area contributed by atoms with E-state index in [1.807, 2.05) is 11.0 Å². The maximum atomic E-state index is 13.5. The van der Waals surface area contributed by atoms with Gasteiger partial charge in [0.25, 0.3) is 5.91 Å². The molecule has 0 saturated carbocycles. The topological polar surface area (TPSA) is 54.6 Å². The zero-order valence-electron chi connectivity index (χ0n) is 16.0. The number of carbonyl (C=O) groups excluding carboxylic acids is 1. The molecule has 1 unspecified atom stereocenters. The number of benzene rings is 2. The highest BCUT2D eigenvalue weighted by molar-refractivity contribution is 5.95. The molecule has 1 aromatic heterocycles. The van der Waals surface area contributed by atoms with Crippen LogP contribution in [-0.2, 0) is 0 Å². The van der Waals surface area contributed by atoms with Gasteiger partial charge in [-0.1, -0.05) is 0 Å². The predicted molar refractivity (Wildman–Crippen MR) is 106 cm³/mol. The summed E-state index contributed by atoms with van der Waals surface area (Å²) in [7, 11) is 3.14. The zero-order chi connectivity index (χ0) is 19.7. The van der Waals surface area contributed by atoms with Crippen molar-refractivity contribution in [2.45, 2.75) is 18.8 Å². The lowest BCUT2D eigenvalue weighted by Gasteiger charge is -2.32. The normalized spacial score (nSPS) is 17.0. The number of hydrogen-bond acceptors (Lipinski definition) is 3. The summed E-state index contributed by atoms with van der Waals surface area (Å²) in [5.41, 5.74) is 2.51. The molecule has 0 radical (unpaired) electrons. The molecule has 28 heavy (non-hydrogen) atoms. The summed E-state index contributed by atoms with van der Waals surface area (Å²) in [4.78, 5) is 18.3. The Hall–Kier alpha value is -3.02. The Morgan fingerprint density at radius 1 is 1.11 bits per heavy atom. The first-order valence-corrected chi connectivity index (χ1v) is 9.38. The van der Waals surface area contributed by atoms with Crippen molar-refractivity contribution in [2.24, 2.45) is 0 Å². The van der Waals surface area contributed by atoms with Crippen molar-refractivity contribution in [3.8, 4) is 11.5 Å². The molecule has 1 aliphatic heterocycles. The Morgan fingerprint density at radius 3 is 2.57 bits per heavy atom. The fraction of sp³-hybridized carbons (Fsp3) is 0.318. The molecule has 4 rings (SSSR count). The summed E-state index contributed by atoms with van der Waals surface area (Å²) >= 11 is 0. The van der Waals surface area contributed by atoms with Crippen LogP contribution in [0.25, 0.3) is 10.9 Å². The molecule has 1 aliphatic rings. The summed E-state index contributed by atoms with van der Waals surface area (Å²) in [5.74, 6) is 1.10. The quantitative estimate of drug-likeness (QED) is 0.730. The zero-order valence-corrected chi connectivity index (χ0v) is 16.0. The fourth-order valence-electron chi connectivity index (χ4n) is 3.87. The van der Waals surface area contributed by atoms with Crippen LogP contribution in [0.4, 0.5) is 4.39 Å². The second-order valence-corrected chi connectivity index (χ2v) is 7.15. The van der Waals surface area contributed by atoms with E-state index < -0.39 is 0 Å². The van der Waals surface area contributed by atoms with E-state index in [0.29, 0.717) is 30.2 Å². The molecule has 2 heterocycles. The van der Waals surface area contributed by atoms with Crippen molar-refractivity contribution in [3.05, 3.63) is 59.5 Å². The van der Waals surface area contributed by atoms with Crippen LogP contribution in [0.1, 0.15) is 34.8 Å². The highest BCUT2D eigenvalue weighted by Gasteiger charge is 2.27. The first kappa shape index (κ1) is 18.3. The Kier molecular flexibility index (Phi) is 4.94. The van der Waals surface area contributed by atoms with Crippen LogP contribution in [0.2, 0.25) is 0 Å². The van der Waals surface area contributed by atoms with Gasteiger partial charge in [0.05, 0.1) is 14.2 Å². The number of H-pyrrole nitrogens is 1. The smallest absolute Gasteiger partial charge is 0.254 e. The molecule has 6 heteroatoms. The van der Waals surface area contributed by atoms with E-state index in [1.165, 1.54) is 12.1 Å². The van der Waals surface area contributed by atoms with Crippen molar-refractivity contribution >= 4 is 16.8 Å². The van der Waals surface area contributed by atoms with Crippen molar-refractivity contribution in [1.29, 1.82) is 0 Å². The van der Waals surface area contributed by atoms with Gasteiger partial charge in [0.15, 0.2) is 0 Å². The van der Waals surface area contributed by atoms with Gasteiger partial charge in [-0.15, -0.1) is 0 Å². The number of hydrogen-bond donors (Lipinski definition) is 1. The SMILES string of the molecule is COc1cc(OC)cc(C(=O)N2CCCC(c3cc4cc(F)ccc4[nH]3)C2)c1. The van der Waals surface area contributed by atoms with E-state index in [4.69, 9.17) is 9.47 Å². The number of halogens is 1. The average Bonchev–Trinajstić information content (AvgIpc) is 3.16. The third kappa shape index (κ3) is 3.54. The van der Waals surface area contributed by atoms with Gasteiger partial charge in [0, 0.05) is 47.2 Å². The third-order valence-electron chi connectivity index (χ3n) is 5.35. The van der Waals surface area contributed by atoms with Crippen LogP contribution in [0.15, 0.2) is 42.5 Å². The number of amides is 1. The Labute approximate surface area is 163 Å². The number of methoxy groups -OCH3 is 2. The van der Waals surface area contributed by atoms with Gasteiger partial charge < -0.3 is 19.4 Å². The number of ether oxygens (including phenoxy) is 2. The van der Waals surface area contributed by atoms with Crippen molar-refractivity contribution in [1.82, 2.24) is 9.88 Å². The highest BCUT2D eigenvalue weighted by atomic mass is 19.1. The van der Waals surface area contributed by atoms with Crippen LogP contribution in [0.5, 0.6) is 11.5 Å². The van der Waals surface area contributed by atoms with Gasteiger partial charge >= 0.3 is 0 Å². The largest absolute Gasteiger partial charge is 0.497 e. The number of piperidine rings is 1. The standard InChI is InChI=1S/C22H23FN2O3/c1-27-18-9-16(10-19(12-18)28-2)22(26)25-7-3-4-14(13-25)21-11-15-8-17(23)5-6-20(15)24-21/h5-6,8-12,14,24H,3-4,7,13H2,1-2H3. The minimum atomic E-state index is -0.245. The third-order valence-corrected chi connectivity index (χ3v) is 5.35. The molecule has 146 valence electrons. The lowest BCUT2D eigenvalue weighted by atomic mass is 9.94. The maximum absolute atomic E-state index is 13.5. The van der Waals surface area contributed by atoms with Crippen LogP contribution >= 0.6 is 0 Å². The van der Waals surface area contributed by atoms with Crippen LogP contribution in [0.3, 0.4) is 0 Å². The van der Waals surface area contributed by atoms with Gasteiger partial charge in [-0.3, -0.25) is 4.79 Å². The number of aromatic amines is 1. The summed E-state index contributed by atoms with van der Waals surface area (Å²) in [6.07, 6.45) is 1.90. The molecule has 5 nitrogen and oxygen atoms in total. The van der Waals surface area contributed by atoms with Gasteiger partial charge in [-0.05, 0) is 49.2 Å². The number of fused-ring (bicyclic) bond motifs is 1. The molecule has 1 saturated heterocycles. The molecule has 2 aromatic carbocycles. The molecule has 0 spiro atoms. The molecule has 0 bridgehead atoms. The maximum Gasteiger partial charge on any atom is 0.254 e. The second-order valence-electron chi connectivity index (χ2n) is 7.15. The minimum absolute atomic E-state index is 0.0379. The number of nitrogens with one attached hydrogen (secondary N) is 1. The summed E-state index contributed by atoms with van der Waals surface area (Å²) < 4.78 is 24.0. The van der Waals surface area contributed by atoms with E-state index in [1.54, 1.807) is 38.5 Å². The van der Waals surface area contributed by atoms with E-state index in [9.17, 15) is 9.18 Å². The molecule has 1 fully saturated rings. The number of carbonyl (C=O) groups is 1. The van der Waals surface area contributed by atoms with Crippen LogP contribution < -0.4 is 9.47 Å². The molecule has 1 amide bonds. The van der Waals surface area contributed by atoms with E-state index in [0.717, 1.165) is 29.4 Å². The van der Waals surface area contributed by atoms with Crippen LogP contribution in [-0.4, -0.2) is 43.1 Å². The summed E-state index contributed by atoms with van der Waals surface area (Å²) in [5, 5.41) is 0.857. The van der Waals surface area contributed by atoms with E-state index >= 15 is 0 Å². The monoisotopic (exact) mass is 382 g/mol. The van der Waals surface area contributed by atoms with Crippen molar-refractivity contribution < 1.29 is 18.7 Å². The first-order chi connectivity index (χ1) is 13.6. The van der Waals surface area contributed by atoms with Crippen LogP contribution in [0, 0.1) is 5.82 Å². The van der Waals surface area contributed by atoms with Gasteiger partial charge in [0.2, 0.25) is 0 Å². The molecule has 3 aromatic rings. The lowest BCUT2D eigenvalue weighted by molar-refractivity contribution is 0.0705. The molecular weight excluding hydrogens is 359 g/mol. The van der Waals surface area contributed by atoms with Gasteiger partial charge in [-0.25, -0.2) is 4.39 Å². The second kappa shape index (κ2) is 7.54. The Balaban J connectivity index is 1.57. The average molecular weight is 382 g/mol. The van der Waals surface area contributed by atoms with Gasteiger partial charge in [0.1, 0.15) is 17.3 Å². The predicted octanol–water partition coefficient (Wildman–Crippen LogP) is 4.34. The van der Waals surface area contributed by atoms with E-state index in [2.05, 4.69) is 4.98 Å². The summed E-state index contributed by atoms with van der Waals surface area (Å²) in [6.45, 7) is 1.33. The minimum Gasteiger partial charge on any atom is -0.497 e.